The molecule has 3 fully saturated rings. The predicted molar refractivity (Wildman–Crippen MR) is 80.6 cm³/mol. The Morgan fingerprint density at radius 3 is 2.96 bits per heavy atom. The highest BCUT2D eigenvalue weighted by Gasteiger charge is 2.57. The molecule has 2 bridgehead atoms. The molecule has 1 aromatic rings. The lowest BCUT2D eigenvalue weighted by Crippen LogP contribution is -2.54. The highest BCUT2D eigenvalue weighted by Crippen LogP contribution is 2.53. The number of carbonyl (C=O) groups is 1. The van der Waals surface area contributed by atoms with Crippen molar-refractivity contribution in [3.63, 3.8) is 0 Å². The summed E-state index contributed by atoms with van der Waals surface area (Å²) in [6.45, 7) is 1.65. The summed E-state index contributed by atoms with van der Waals surface area (Å²) in [4.78, 5) is 16.0. The number of rotatable bonds is 6. The molecule has 0 saturated heterocycles. The number of urea groups is 1. The second-order valence-electron chi connectivity index (χ2n) is 6.57. The van der Waals surface area contributed by atoms with Gasteiger partial charge in [0.1, 0.15) is 19.0 Å². The topological polar surface area (TPSA) is 63.2 Å². The average Bonchev–Trinajstić information content (AvgIpc) is 2.95. The van der Waals surface area contributed by atoms with Gasteiger partial charge in [0.05, 0.1) is 0 Å². The van der Waals surface area contributed by atoms with Crippen molar-refractivity contribution in [1.29, 1.82) is 0 Å². The van der Waals surface area contributed by atoms with E-state index in [0.29, 0.717) is 18.8 Å². The van der Waals surface area contributed by atoms with Gasteiger partial charge in [-0.3, -0.25) is 0 Å². The maximum absolute atomic E-state index is 13.5. The van der Waals surface area contributed by atoms with E-state index in [4.69, 9.17) is 4.74 Å². The summed E-state index contributed by atoms with van der Waals surface area (Å²) < 4.78 is 31.4. The zero-order valence-corrected chi connectivity index (χ0v) is 13.0. The Bertz CT molecular complexity index is 576. The summed E-state index contributed by atoms with van der Waals surface area (Å²) in [5.74, 6) is 0.443. The zero-order chi connectivity index (χ0) is 16.4. The highest BCUT2D eigenvalue weighted by atomic mass is 19.1. The maximum Gasteiger partial charge on any atom is 0.315 e. The van der Waals surface area contributed by atoms with E-state index >= 15 is 0 Å². The quantitative estimate of drug-likeness (QED) is 0.845. The molecule has 2 amide bonds. The van der Waals surface area contributed by atoms with E-state index < -0.39 is 12.3 Å². The molecule has 126 valence electrons. The lowest BCUT2D eigenvalue weighted by molar-refractivity contribution is 0.168. The van der Waals surface area contributed by atoms with Crippen molar-refractivity contribution in [3.05, 3.63) is 23.9 Å². The Kier molecular flexibility index (Phi) is 4.37. The summed E-state index contributed by atoms with van der Waals surface area (Å²) in [5, 5.41) is 5.64. The van der Waals surface area contributed by atoms with Gasteiger partial charge in [-0.1, -0.05) is 0 Å². The molecule has 3 aliphatic rings. The molecule has 3 saturated carbocycles. The molecule has 0 spiro atoms. The standard InChI is InChI=1S/C16H21F2N3O2/c1-10(17)9-23-14-4-11(2-3-19-14)8-20-15(22)21-16-5-12(6-16)13(18)7-16/h2-4,10,12-13H,5-9H2,1H3,(H2,20,21,22). The van der Waals surface area contributed by atoms with Crippen LogP contribution < -0.4 is 15.4 Å². The second kappa shape index (κ2) is 6.29. The summed E-state index contributed by atoms with van der Waals surface area (Å²) in [5.41, 5.74) is 0.452. The molecule has 2 N–H and O–H groups in total. The van der Waals surface area contributed by atoms with Crippen LogP contribution in [0.2, 0.25) is 0 Å². The van der Waals surface area contributed by atoms with Gasteiger partial charge in [-0.2, -0.15) is 0 Å². The van der Waals surface area contributed by atoms with Crippen LogP contribution in [-0.2, 0) is 6.54 Å². The fraction of sp³-hybridized carbons (Fsp3) is 0.625. The summed E-state index contributed by atoms with van der Waals surface area (Å²) in [6, 6.07) is 3.11. The highest BCUT2D eigenvalue weighted by molar-refractivity contribution is 5.75. The number of nitrogens with zero attached hydrogens (tertiary/aromatic N) is 1. The number of carbonyl (C=O) groups excluding carboxylic acids is 1. The van der Waals surface area contributed by atoms with E-state index in [1.54, 1.807) is 18.3 Å². The van der Waals surface area contributed by atoms with Gasteiger partial charge >= 0.3 is 6.03 Å². The summed E-state index contributed by atoms with van der Waals surface area (Å²) in [6.07, 6.45) is 1.58. The van der Waals surface area contributed by atoms with Crippen LogP contribution in [0, 0.1) is 5.92 Å². The number of nitrogens with one attached hydrogen (secondary N) is 2. The maximum atomic E-state index is 13.5. The van der Waals surface area contributed by atoms with Gasteiger partial charge in [-0.15, -0.1) is 0 Å². The van der Waals surface area contributed by atoms with E-state index in [1.807, 2.05) is 0 Å². The molecule has 0 radical (unpaired) electrons. The van der Waals surface area contributed by atoms with Gasteiger partial charge in [0, 0.05) is 30.8 Å². The number of alkyl halides is 2. The van der Waals surface area contributed by atoms with Gasteiger partial charge in [0.15, 0.2) is 0 Å². The van der Waals surface area contributed by atoms with Gasteiger partial charge in [-0.05, 0) is 37.3 Å². The number of hydrogen-bond donors (Lipinski definition) is 2. The molecule has 2 unspecified atom stereocenters. The van der Waals surface area contributed by atoms with Crippen LogP contribution in [0.3, 0.4) is 0 Å². The fourth-order valence-electron chi connectivity index (χ4n) is 3.37. The molecule has 1 aromatic heterocycles. The molecule has 5 nitrogen and oxygen atoms in total. The lowest BCUT2D eigenvalue weighted by Gasteiger charge is -2.38. The van der Waals surface area contributed by atoms with E-state index in [9.17, 15) is 13.6 Å². The molecule has 23 heavy (non-hydrogen) atoms. The third-order valence-electron chi connectivity index (χ3n) is 4.50. The van der Waals surface area contributed by atoms with Crippen LogP contribution in [0.1, 0.15) is 31.7 Å². The molecular formula is C16H21F2N3O2. The monoisotopic (exact) mass is 325 g/mol. The second-order valence-corrected chi connectivity index (χ2v) is 6.57. The number of amides is 2. The van der Waals surface area contributed by atoms with E-state index in [0.717, 1.165) is 18.4 Å². The van der Waals surface area contributed by atoms with E-state index in [-0.39, 0.29) is 24.1 Å². The van der Waals surface area contributed by atoms with Crippen LogP contribution in [-0.4, -0.2) is 35.5 Å². The van der Waals surface area contributed by atoms with Gasteiger partial charge < -0.3 is 15.4 Å². The minimum atomic E-state index is -1.07. The van der Waals surface area contributed by atoms with Gasteiger partial charge in [0.2, 0.25) is 5.88 Å². The molecular weight excluding hydrogens is 304 g/mol. The Hall–Kier alpha value is -1.92. The normalized spacial score (nSPS) is 29.5. The third kappa shape index (κ3) is 3.71. The van der Waals surface area contributed by atoms with Crippen molar-refractivity contribution in [2.75, 3.05) is 6.61 Å². The van der Waals surface area contributed by atoms with Crippen molar-refractivity contribution < 1.29 is 18.3 Å². The van der Waals surface area contributed by atoms with Crippen LogP contribution in [0.25, 0.3) is 0 Å². The number of halogens is 2. The van der Waals surface area contributed by atoms with Gasteiger partial charge in [-0.25, -0.2) is 18.6 Å². The van der Waals surface area contributed by atoms with Crippen molar-refractivity contribution in [1.82, 2.24) is 15.6 Å². The molecule has 3 aliphatic carbocycles. The molecule has 4 rings (SSSR count). The largest absolute Gasteiger partial charge is 0.475 e. The molecule has 1 heterocycles. The number of hydrogen-bond acceptors (Lipinski definition) is 3. The minimum absolute atomic E-state index is 0.0571. The van der Waals surface area contributed by atoms with Crippen molar-refractivity contribution >= 4 is 6.03 Å². The number of fused-ring (bicyclic) bond motifs is 1. The first-order valence-electron chi connectivity index (χ1n) is 7.88. The minimum Gasteiger partial charge on any atom is -0.475 e. The predicted octanol–water partition coefficient (Wildman–Crippen LogP) is 2.51. The number of pyridine rings is 1. The summed E-state index contributed by atoms with van der Waals surface area (Å²) >= 11 is 0. The molecule has 0 aliphatic heterocycles. The van der Waals surface area contributed by atoms with E-state index in [1.165, 1.54) is 6.92 Å². The Labute approximate surface area is 133 Å². The first-order chi connectivity index (χ1) is 11.0. The third-order valence-corrected chi connectivity index (χ3v) is 4.50. The van der Waals surface area contributed by atoms with Crippen LogP contribution >= 0.6 is 0 Å². The van der Waals surface area contributed by atoms with E-state index in [2.05, 4.69) is 15.6 Å². The fourth-order valence-corrected chi connectivity index (χ4v) is 3.37. The molecule has 0 aromatic carbocycles. The zero-order valence-electron chi connectivity index (χ0n) is 13.0. The summed E-state index contributed by atoms with van der Waals surface area (Å²) in [7, 11) is 0. The van der Waals surface area contributed by atoms with Crippen LogP contribution in [0.15, 0.2) is 18.3 Å². The SMILES string of the molecule is CC(F)COc1cc(CNC(=O)NC23CC(F)C(C2)C3)ccn1. The number of aromatic nitrogens is 1. The Morgan fingerprint density at radius 1 is 1.52 bits per heavy atom. The van der Waals surface area contributed by atoms with Crippen molar-refractivity contribution in [3.8, 4) is 5.88 Å². The Morgan fingerprint density at radius 2 is 2.30 bits per heavy atom. The Balaban J connectivity index is 1.46. The lowest BCUT2D eigenvalue weighted by atomic mass is 9.77. The first-order valence-corrected chi connectivity index (χ1v) is 7.88. The van der Waals surface area contributed by atoms with Crippen LogP contribution in [0.4, 0.5) is 13.6 Å². The molecule has 2 atom stereocenters. The average molecular weight is 325 g/mol. The molecule has 7 heteroatoms. The number of ether oxygens (including phenoxy) is 1. The smallest absolute Gasteiger partial charge is 0.315 e. The van der Waals surface area contributed by atoms with Crippen molar-refractivity contribution in [2.45, 2.75) is 50.6 Å². The van der Waals surface area contributed by atoms with Crippen LogP contribution in [0.5, 0.6) is 5.88 Å². The first kappa shape index (κ1) is 16.0. The van der Waals surface area contributed by atoms with Crippen molar-refractivity contribution in [2.24, 2.45) is 5.92 Å². The van der Waals surface area contributed by atoms with Gasteiger partial charge in [0.25, 0.3) is 0 Å².